The van der Waals surface area contributed by atoms with Gasteiger partial charge in [0.15, 0.2) is 0 Å². The van der Waals surface area contributed by atoms with Gasteiger partial charge in [0, 0.05) is 28.1 Å². The van der Waals surface area contributed by atoms with Crippen LogP contribution in [0.25, 0.3) is 0 Å². The zero-order chi connectivity index (χ0) is 11.5. The summed E-state index contributed by atoms with van der Waals surface area (Å²) in [5.41, 5.74) is 2.66. The Bertz CT molecular complexity index is 365. The summed E-state index contributed by atoms with van der Waals surface area (Å²) in [4.78, 5) is 2.52. The zero-order valence-electron chi connectivity index (χ0n) is 9.55. The van der Waals surface area contributed by atoms with Crippen molar-refractivity contribution in [2.24, 2.45) is 0 Å². The molecule has 0 saturated carbocycles. The highest BCUT2D eigenvalue weighted by molar-refractivity contribution is 9.10. The van der Waals surface area contributed by atoms with Gasteiger partial charge in [0.2, 0.25) is 0 Å². The summed E-state index contributed by atoms with van der Waals surface area (Å²) in [6, 6.07) is 7.37. The molecule has 1 aliphatic heterocycles. The Hall–Kier alpha value is -0.0200. The lowest BCUT2D eigenvalue weighted by Crippen LogP contribution is -2.37. The normalized spacial score (nSPS) is 21.2. The second-order valence-electron chi connectivity index (χ2n) is 4.45. The molecule has 1 aromatic rings. The average molecular weight is 347 g/mol. The molecule has 1 nitrogen and oxygen atoms in total. The van der Waals surface area contributed by atoms with E-state index in [2.05, 4.69) is 61.9 Å². The number of hydrogen-bond acceptors (Lipinski definition) is 1. The standard InChI is InChI=1S/C13H17Br2N/c1-10-4-2-3-7-16(10)12-6-5-11(9-14)13(15)8-12/h5-6,8,10H,2-4,7,9H2,1H3. The number of halogens is 2. The van der Waals surface area contributed by atoms with Crippen LogP contribution in [0.2, 0.25) is 0 Å². The Morgan fingerprint density at radius 1 is 1.38 bits per heavy atom. The van der Waals surface area contributed by atoms with Crippen LogP contribution in [0.3, 0.4) is 0 Å². The second kappa shape index (κ2) is 5.54. The van der Waals surface area contributed by atoms with Gasteiger partial charge in [-0.2, -0.15) is 0 Å². The van der Waals surface area contributed by atoms with E-state index in [-0.39, 0.29) is 0 Å². The van der Waals surface area contributed by atoms with Crippen LogP contribution in [0.15, 0.2) is 22.7 Å². The summed E-state index contributed by atoms with van der Waals surface area (Å²) in [6.07, 6.45) is 4.01. The van der Waals surface area contributed by atoms with E-state index in [1.54, 1.807) is 0 Å². The van der Waals surface area contributed by atoms with Gasteiger partial charge in [-0.25, -0.2) is 0 Å². The van der Waals surface area contributed by atoms with Gasteiger partial charge < -0.3 is 4.90 Å². The van der Waals surface area contributed by atoms with Crippen LogP contribution < -0.4 is 4.90 Å². The zero-order valence-corrected chi connectivity index (χ0v) is 12.7. The monoisotopic (exact) mass is 345 g/mol. The third-order valence-electron chi connectivity index (χ3n) is 3.32. The smallest absolute Gasteiger partial charge is 0.0380 e. The number of nitrogens with zero attached hydrogens (tertiary/aromatic N) is 1. The maximum absolute atomic E-state index is 3.64. The van der Waals surface area contributed by atoms with Crippen molar-refractivity contribution in [1.82, 2.24) is 0 Å². The summed E-state index contributed by atoms with van der Waals surface area (Å²) < 4.78 is 1.21. The van der Waals surface area contributed by atoms with Crippen LogP contribution in [0.1, 0.15) is 31.7 Å². The molecule has 3 heteroatoms. The van der Waals surface area contributed by atoms with Gasteiger partial charge in [0.1, 0.15) is 0 Å². The van der Waals surface area contributed by atoms with Crippen molar-refractivity contribution in [3.63, 3.8) is 0 Å². The molecule has 0 spiro atoms. The van der Waals surface area contributed by atoms with E-state index < -0.39 is 0 Å². The number of piperidine rings is 1. The number of alkyl halides is 1. The Kier molecular flexibility index (Phi) is 4.31. The first-order chi connectivity index (χ1) is 7.72. The summed E-state index contributed by atoms with van der Waals surface area (Å²) in [5.74, 6) is 0. The van der Waals surface area contributed by atoms with Crippen molar-refractivity contribution in [3.8, 4) is 0 Å². The van der Waals surface area contributed by atoms with E-state index in [0.29, 0.717) is 6.04 Å². The van der Waals surface area contributed by atoms with Gasteiger partial charge in [0.05, 0.1) is 0 Å². The Morgan fingerprint density at radius 3 is 2.81 bits per heavy atom. The molecule has 0 aromatic heterocycles. The predicted octanol–water partition coefficient (Wildman–Crippen LogP) is 4.72. The van der Waals surface area contributed by atoms with E-state index in [9.17, 15) is 0 Å². The van der Waals surface area contributed by atoms with Crippen molar-refractivity contribution in [2.75, 3.05) is 11.4 Å². The summed E-state index contributed by atoms with van der Waals surface area (Å²) in [5, 5.41) is 0.906. The topological polar surface area (TPSA) is 3.24 Å². The molecule has 0 bridgehead atoms. The highest BCUT2D eigenvalue weighted by atomic mass is 79.9. The van der Waals surface area contributed by atoms with Crippen molar-refractivity contribution in [2.45, 2.75) is 37.6 Å². The molecule has 1 heterocycles. The molecule has 16 heavy (non-hydrogen) atoms. The molecule has 0 amide bonds. The van der Waals surface area contributed by atoms with Gasteiger partial charge in [-0.05, 0) is 43.9 Å². The summed E-state index contributed by atoms with van der Waals surface area (Å²) >= 11 is 7.13. The molecule has 1 aliphatic rings. The van der Waals surface area contributed by atoms with Gasteiger partial charge >= 0.3 is 0 Å². The van der Waals surface area contributed by atoms with E-state index >= 15 is 0 Å². The highest BCUT2D eigenvalue weighted by Gasteiger charge is 2.18. The van der Waals surface area contributed by atoms with Gasteiger partial charge in [-0.15, -0.1) is 0 Å². The fourth-order valence-corrected chi connectivity index (χ4v) is 3.68. The quantitative estimate of drug-likeness (QED) is 0.700. The molecule has 0 N–H and O–H groups in total. The van der Waals surface area contributed by atoms with Crippen LogP contribution >= 0.6 is 31.9 Å². The SMILES string of the molecule is CC1CCCCN1c1ccc(CBr)c(Br)c1. The minimum atomic E-state index is 0.676. The lowest BCUT2D eigenvalue weighted by Gasteiger charge is -2.35. The molecule has 88 valence electrons. The second-order valence-corrected chi connectivity index (χ2v) is 5.86. The molecule has 0 radical (unpaired) electrons. The van der Waals surface area contributed by atoms with Crippen LogP contribution in [-0.4, -0.2) is 12.6 Å². The number of hydrogen-bond donors (Lipinski definition) is 0. The molecule has 2 rings (SSSR count). The third kappa shape index (κ3) is 2.62. The van der Waals surface area contributed by atoms with E-state index in [4.69, 9.17) is 0 Å². The lowest BCUT2D eigenvalue weighted by atomic mass is 10.0. The van der Waals surface area contributed by atoms with Gasteiger partial charge in [-0.1, -0.05) is 37.9 Å². The Labute approximate surface area is 114 Å². The Morgan fingerprint density at radius 2 is 2.19 bits per heavy atom. The molecule has 1 aromatic carbocycles. The lowest BCUT2D eigenvalue weighted by molar-refractivity contribution is 0.485. The molecule has 1 fully saturated rings. The van der Waals surface area contributed by atoms with Crippen LogP contribution in [0, 0.1) is 0 Å². The molecule has 1 saturated heterocycles. The first kappa shape index (κ1) is 12.4. The third-order valence-corrected chi connectivity index (χ3v) is 4.66. The number of anilines is 1. The van der Waals surface area contributed by atoms with Crippen molar-refractivity contribution >= 4 is 37.5 Å². The molecule has 1 unspecified atom stereocenters. The molecule has 1 atom stereocenters. The minimum Gasteiger partial charge on any atom is -0.369 e. The Balaban J connectivity index is 2.22. The maximum atomic E-state index is 3.64. The van der Waals surface area contributed by atoms with Crippen molar-refractivity contribution < 1.29 is 0 Å². The van der Waals surface area contributed by atoms with Crippen LogP contribution in [-0.2, 0) is 5.33 Å². The molecular weight excluding hydrogens is 330 g/mol. The first-order valence-electron chi connectivity index (χ1n) is 5.83. The number of rotatable bonds is 2. The van der Waals surface area contributed by atoms with Gasteiger partial charge in [0.25, 0.3) is 0 Å². The van der Waals surface area contributed by atoms with E-state index in [0.717, 1.165) is 5.33 Å². The molecular formula is C13H17Br2N. The average Bonchev–Trinajstić information content (AvgIpc) is 2.29. The molecule has 0 aliphatic carbocycles. The van der Waals surface area contributed by atoms with Crippen LogP contribution in [0.5, 0.6) is 0 Å². The maximum Gasteiger partial charge on any atom is 0.0380 e. The summed E-state index contributed by atoms with van der Waals surface area (Å²) in [6.45, 7) is 3.52. The van der Waals surface area contributed by atoms with Crippen LogP contribution in [0.4, 0.5) is 5.69 Å². The van der Waals surface area contributed by atoms with Crippen molar-refractivity contribution in [1.29, 1.82) is 0 Å². The fourth-order valence-electron chi connectivity index (χ4n) is 2.30. The van der Waals surface area contributed by atoms with E-state index in [1.807, 2.05) is 0 Å². The summed E-state index contributed by atoms with van der Waals surface area (Å²) in [7, 11) is 0. The largest absolute Gasteiger partial charge is 0.369 e. The fraction of sp³-hybridized carbons (Fsp3) is 0.538. The predicted molar refractivity (Wildman–Crippen MR) is 77.4 cm³/mol. The van der Waals surface area contributed by atoms with Gasteiger partial charge in [-0.3, -0.25) is 0 Å². The highest BCUT2D eigenvalue weighted by Crippen LogP contribution is 2.29. The minimum absolute atomic E-state index is 0.676. The van der Waals surface area contributed by atoms with E-state index in [1.165, 1.54) is 41.5 Å². The first-order valence-corrected chi connectivity index (χ1v) is 7.75. The number of benzene rings is 1. The van der Waals surface area contributed by atoms with Crippen molar-refractivity contribution in [3.05, 3.63) is 28.2 Å².